The zero-order valence-electron chi connectivity index (χ0n) is 16.9. The molecule has 1 aromatic heterocycles. The summed E-state index contributed by atoms with van der Waals surface area (Å²) in [6.07, 6.45) is 4.86. The van der Waals surface area contributed by atoms with Crippen molar-refractivity contribution in [2.75, 3.05) is 13.2 Å². The standard InChI is InChI=1S/C19H31N3O4Si/c1-7-8-25-17(24)19(16(23)14-10-20-13-21-11-14)9-15(12-22-19)26-27(5,6)18(2,3)4/h7,10-11,13,15-16,22-23H,1,8-9,12H2,2-6H3/t15-,16?,19+/m1/s1. The Hall–Kier alpha value is -1.61. The Morgan fingerprint density at radius 1 is 1.48 bits per heavy atom. The molecule has 1 unspecified atom stereocenters. The van der Waals surface area contributed by atoms with Gasteiger partial charge in [0.05, 0.1) is 6.10 Å². The highest BCUT2D eigenvalue weighted by Crippen LogP contribution is 2.41. The van der Waals surface area contributed by atoms with E-state index in [0.29, 0.717) is 18.5 Å². The molecule has 2 rings (SSSR count). The summed E-state index contributed by atoms with van der Waals surface area (Å²) in [4.78, 5) is 20.8. The monoisotopic (exact) mass is 393 g/mol. The van der Waals surface area contributed by atoms with Gasteiger partial charge in [0.1, 0.15) is 24.6 Å². The number of nitrogens with zero attached hydrogens (tertiary/aromatic N) is 2. The van der Waals surface area contributed by atoms with Gasteiger partial charge in [-0.1, -0.05) is 33.4 Å². The molecular formula is C19H31N3O4Si. The quantitative estimate of drug-likeness (QED) is 0.417. The molecule has 1 fully saturated rings. The smallest absolute Gasteiger partial charge is 0.329 e. The summed E-state index contributed by atoms with van der Waals surface area (Å²) in [5.74, 6) is -0.528. The maximum absolute atomic E-state index is 12.9. The van der Waals surface area contributed by atoms with Gasteiger partial charge in [-0.25, -0.2) is 14.8 Å². The number of aliphatic hydroxyl groups is 1. The van der Waals surface area contributed by atoms with Gasteiger partial charge in [-0.3, -0.25) is 5.32 Å². The first kappa shape index (κ1) is 21.7. The third-order valence-electron chi connectivity index (χ3n) is 5.52. The largest absolute Gasteiger partial charge is 0.460 e. The van der Waals surface area contributed by atoms with Gasteiger partial charge in [0.2, 0.25) is 0 Å². The van der Waals surface area contributed by atoms with Gasteiger partial charge in [-0.2, -0.15) is 0 Å². The maximum atomic E-state index is 12.9. The fourth-order valence-corrected chi connectivity index (χ4v) is 4.30. The molecule has 0 amide bonds. The van der Waals surface area contributed by atoms with Crippen LogP contribution in [0.2, 0.25) is 18.1 Å². The zero-order chi connectivity index (χ0) is 20.3. The number of ether oxygens (including phenoxy) is 1. The van der Waals surface area contributed by atoms with Crippen molar-refractivity contribution in [3.05, 3.63) is 36.9 Å². The predicted molar refractivity (Wildman–Crippen MR) is 106 cm³/mol. The van der Waals surface area contributed by atoms with Gasteiger partial charge < -0.3 is 14.3 Å². The molecule has 7 nitrogen and oxygen atoms in total. The normalized spacial score (nSPS) is 24.4. The number of aliphatic hydroxyl groups excluding tert-OH is 1. The minimum Gasteiger partial charge on any atom is -0.460 e. The summed E-state index contributed by atoms with van der Waals surface area (Å²) in [5, 5.41) is 14.2. The van der Waals surface area contributed by atoms with Crippen LogP contribution in [0.1, 0.15) is 38.9 Å². The van der Waals surface area contributed by atoms with Crippen LogP contribution < -0.4 is 5.32 Å². The summed E-state index contributed by atoms with van der Waals surface area (Å²) in [6.45, 7) is 15.0. The first-order valence-electron chi connectivity index (χ1n) is 9.17. The fourth-order valence-electron chi connectivity index (χ4n) is 2.95. The minimum absolute atomic E-state index is 0.0491. The van der Waals surface area contributed by atoms with Crippen LogP contribution in [-0.4, -0.2) is 54.2 Å². The Labute approximate surface area is 162 Å². The van der Waals surface area contributed by atoms with Crippen LogP contribution in [0.15, 0.2) is 31.4 Å². The molecular weight excluding hydrogens is 362 g/mol. The van der Waals surface area contributed by atoms with Gasteiger partial charge >= 0.3 is 5.97 Å². The van der Waals surface area contributed by atoms with Crippen molar-refractivity contribution in [3.8, 4) is 0 Å². The van der Waals surface area contributed by atoms with Crippen molar-refractivity contribution >= 4 is 14.3 Å². The van der Waals surface area contributed by atoms with Crippen LogP contribution in [0.25, 0.3) is 0 Å². The molecule has 1 aromatic rings. The average Bonchev–Trinajstić information content (AvgIpc) is 3.03. The second kappa shape index (κ2) is 8.18. The third-order valence-corrected chi connectivity index (χ3v) is 10.1. The molecule has 27 heavy (non-hydrogen) atoms. The lowest BCUT2D eigenvalue weighted by Gasteiger charge is -2.38. The first-order chi connectivity index (χ1) is 12.5. The summed E-state index contributed by atoms with van der Waals surface area (Å²) in [6, 6.07) is 0. The highest BCUT2D eigenvalue weighted by Gasteiger charge is 2.54. The molecule has 1 saturated heterocycles. The van der Waals surface area contributed by atoms with Gasteiger partial charge in [0, 0.05) is 30.9 Å². The zero-order valence-corrected chi connectivity index (χ0v) is 17.9. The molecule has 0 saturated carbocycles. The van der Waals surface area contributed by atoms with E-state index < -0.39 is 25.9 Å². The number of aromatic nitrogens is 2. The highest BCUT2D eigenvalue weighted by atomic mass is 28.4. The van der Waals surface area contributed by atoms with E-state index in [2.05, 4.69) is 55.7 Å². The fraction of sp³-hybridized carbons (Fsp3) is 0.632. The van der Waals surface area contributed by atoms with Crippen LogP contribution in [-0.2, 0) is 14.0 Å². The Kier molecular flexibility index (Phi) is 6.57. The number of rotatable bonds is 7. The van der Waals surface area contributed by atoms with E-state index in [-0.39, 0.29) is 17.7 Å². The Morgan fingerprint density at radius 2 is 2.11 bits per heavy atom. The van der Waals surface area contributed by atoms with Crippen molar-refractivity contribution in [3.63, 3.8) is 0 Å². The molecule has 2 N–H and O–H groups in total. The van der Waals surface area contributed by atoms with Crippen LogP contribution >= 0.6 is 0 Å². The van der Waals surface area contributed by atoms with E-state index in [0.717, 1.165) is 0 Å². The molecule has 8 heteroatoms. The molecule has 0 aliphatic carbocycles. The summed E-state index contributed by atoms with van der Waals surface area (Å²) >= 11 is 0. The number of carbonyl (C=O) groups excluding carboxylic acids is 1. The number of hydrogen-bond acceptors (Lipinski definition) is 7. The Bertz CT molecular complexity index is 663. The van der Waals surface area contributed by atoms with Crippen LogP contribution in [0.5, 0.6) is 0 Å². The van der Waals surface area contributed by atoms with Crippen LogP contribution in [0, 0.1) is 0 Å². The highest BCUT2D eigenvalue weighted by molar-refractivity contribution is 6.74. The molecule has 0 aromatic carbocycles. The topological polar surface area (TPSA) is 93.6 Å². The van der Waals surface area contributed by atoms with Crippen molar-refractivity contribution in [1.29, 1.82) is 0 Å². The SMILES string of the molecule is C=CCOC(=O)[C@@]1(C(O)c2cncnc2)C[C@@H](O[Si](C)(C)C(C)(C)C)CN1. The first-order valence-corrected chi connectivity index (χ1v) is 12.1. The lowest BCUT2D eigenvalue weighted by Crippen LogP contribution is -2.53. The molecule has 150 valence electrons. The third kappa shape index (κ3) is 4.63. The molecule has 1 aliphatic heterocycles. The lowest BCUT2D eigenvalue weighted by molar-refractivity contribution is -0.155. The van der Waals surface area contributed by atoms with Crippen LogP contribution in [0.4, 0.5) is 0 Å². The second-order valence-electron chi connectivity index (χ2n) is 8.52. The molecule has 0 radical (unpaired) electrons. The Morgan fingerprint density at radius 3 is 2.67 bits per heavy atom. The average molecular weight is 394 g/mol. The van der Waals surface area contributed by atoms with E-state index in [1.165, 1.54) is 24.8 Å². The summed E-state index contributed by atoms with van der Waals surface area (Å²) < 4.78 is 11.8. The van der Waals surface area contributed by atoms with Gasteiger partial charge in [-0.15, -0.1) is 0 Å². The van der Waals surface area contributed by atoms with Crippen molar-refractivity contribution in [1.82, 2.24) is 15.3 Å². The maximum Gasteiger partial charge on any atom is 0.329 e. The predicted octanol–water partition coefficient (Wildman–Crippen LogP) is 2.36. The minimum atomic E-state index is -2.02. The summed E-state index contributed by atoms with van der Waals surface area (Å²) in [7, 11) is -2.02. The van der Waals surface area contributed by atoms with Crippen LogP contribution in [0.3, 0.4) is 0 Å². The number of carbonyl (C=O) groups is 1. The second-order valence-corrected chi connectivity index (χ2v) is 13.3. The van der Waals surface area contributed by atoms with E-state index in [1.807, 2.05) is 0 Å². The summed E-state index contributed by atoms with van der Waals surface area (Å²) in [5.41, 5.74) is -0.852. The molecule has 0 spiro atoms. The van der Waals surface area contributed by atoms with E-state index >= 15 is 0 Å². The molecule has 2 heterocycles. The Balaban J connectivity index is 2.27. The van der Waals surface area contributed by atoms with Gasteiger partial charge in [0.25, 0.3) is 0 Å². The van der Waals surface area contributed by atoms with Gasteiger partial charge in [-0.05, 0) is 18.1 Å². The molecule has 1 aliphatic rings. The van der Waals surface area contributed by atoms with Crippen molar-refractivity contribution in [2.24, 2.45) is 0 Å². The number of hydrogen-bond donors (Lipinski definition) is 2. The van der Waals surface area contributed by atoms with E-state index in [9.17, 15) is 9.90 Å². The number of esters is 1. The molecule has 0 bridgehead atoms. The lowest BCUT2D eigenvalue weighted by atomic mass is 9.86. The van der Waals surface area contributed by atoms with Crippen molar-refractivity contribution < 1.29 is 19.1 Å². The van der Waals surface area contributed by atoms with Gasteiger partial charge in [0.15, 0.2) is 8.32 Å². The number of nitrogens with one attached hydrogen (secondary N) is 1. The van der Waals surface area contributed by atoms with Crippen molar-refractivity contribution in [2.45, 2.75) is 63.1 Å². The van der Waals surface area contributed by atoms with E-state index in [1.54, 1.807) is 0 Å². The van der Waals surface area contributed by atoms with E-state index in [4.69, 9.17) is 9.16 Å². The molecule has 3 atom stereocenters.